The smallest absolute Gasteiger partial charge is 0.135 e. The maximum Gasteiger partial charge on any atom is 0.135 e. The third-order valence-electron chi connectivity index (χ3n) is 0.734. The average Bonchev–Trinajstić information content (AvgIpc) is 1.67. The molecule has 0 aliphatic heterocycles. The molecule has 0 aromatic rings. The van der Waals surface area contributed by atoms with Crippen molar-refractivity contribution in [1.29, 1.82) is 5.26 Å². The number of nitriles is 1. The molecular weight excluding hydrogens is 102 g/mol. The van der Waals surface area contributed by atoms with Crippen LogP contribution in [0.25, 0.3) is 0 Å². The molecule has 0 fully saturated rings. The molecule has 0 aliphatic rings. The zero-order valence-electron chi connectivity index (χ0n) is 4.68. The Hall–Kier alpha value is -0.990. The van der Waals surface area contributed by atoms with Crippen molar-refractivity contribution >= 4 is 0 Å². The van der Waals surface area contributed by atoms with Gasteiger partial charge in [-0.15, -0.1) is 6.42 Å². The summed E-state index contributed by atoms with van der Waals surface area (Å²) in [6.45, 7) is 1.43. The first kappa shape index (κ1) is 7.01. The molecule has 0 bridgehead atoms. The fraction of sp³-hybridized carbons (Fsp3) is 0.500. The highest BCUT2D eigenvalue weighted by Crippen LogP contribution is 2.03. The second kappa shape index (κ2) is 2.35. The number of hydrogen-bond donors (Lipinski definition) is 1. The summed E-state index contributed by atoms with van der Waals surface area (Å²) in [5.41, 5.74) is -1.24. The average molecular weight is 109 g/mol. The third kappa shape index (κ3) is 2.23. The minimum atomic E-state index is -1.24. The SMILES string of the molecule is C#C[C@@](C)(O)CC#N. The van der Waals surface area contributed by atoms with Crippen LogP contribution in [0, 0.1) is 23.7 Å². The summed E-state index contributed by atoms with van der Waals surface area (Å²) in [5, 5.41) is 16.9. The van der Waals surface area contributed by atoms with Crippen molar-refractivity contribution in [2.75, 3.05) is 0 Å². The molecule has 0 unspecified atom stereocenters. The van der Waals surface area contributed by atoms with E-state index in [0.29, 0.717) is 0 Å². The topological polar surface area (TPSA) is 44.0 Å². The standard InChI is InChI=1S/C6H7NO/c1-3-6(2,8)4-5-7/h1,8H,4H2,2H3/t6-/m1/s1. The van der Waals surface area contributed by atoms with Gasteiger partial charge in [0, 0.05) is 0 Å². The lowest BCUT2D eigenvalue weighted by atomic mass is 10.1. The maximum atomic E-state index is 8.86. The maximum absolute atomic E-state index is 8.86. The number of nitrogens with zero attached hydrogens (tertiary/aromatic N) is 1. The number of hydrogen-bond acceptors (Lipinski definition) is 2. The van der Waals surface area contributed by atoms with Crippen LogP contribution >= 0.6 is 0 Å². The van der Waals surface area contributed by atoms with Crippen LogP contribution in [0.4, 0.5) is 0 Å². The van der Waals surface area contributed by atoms with E-state index in [4.69, 9.17) is 16.8 Å². The van der Waals surface area contributed by atoms with E-state index in [0.717, 1.165) is 0 Å². The Morgan fingerprint density at radius 3 is 2.50 bits per heavy atom. The molecule has 0 amide bonds. The van der Waals surface area contributed by atoms with Gasteiger partial charge in [0.05, 0.1) is 12.5 Å². The van der Waals surface area contributed by atoms with Gasteiger partial charge in [0.2, 0.25) is 0 Å². The summed E-state index contributed by atoms with van der Waals surface area (Å²) in [7, 11) is 0. The highest BCUT2D eigenvalue weighted by Gasteiger charge is 2.14. The molecule has 0 heterocycles. The predicted molar refractivity (Wildman–Crippen MR) is 29.7 cm³/mol. The van der Waals surface area contributed by atoms with E-state index in [1.165, 1.54) is 6.92 Å². The van der Waals surface area contributed by atoms with E-state index >= 15 is 0 Å². The quantitative estimate of drug-likeness (QED) is 0.491. The van der Waals surface area contributed by atoms with Crippen molar-refractivity contribution in [2.45, 2.75) is 18.9 Å². The van der Waals surface area contributed by atoms with Gasteiger partial charge in [-0.25, -0.2) is 0 Å². The summed E-state index contributed by atoms with van der Waals surface area (Å²) >= 11 is 0. The first-order valence-corrected chi connectivity index (χ1v) is 2.19. The van der Waals surface area contributed by atoms with Crippen molar-refractivity contribution in [2.24, 2.45) is 0 Å². The Kier molecular flexibility index (Phi) is 2.06. The molecule has 1 N–H and O–H groups in total. The van der Waals surface area contributed by atoms with Crippen LogP contribution < -0.4 is 0 Å². The van der Waals surface area contributed by atoms with Crippen LogP contribution in [0.5, 0.6) is 0 Å². The van der Waals surface area contributed by atoms with Gasteiger partial charge in [0.15, 0.2) is 0 Å². The summed E-state index contributed by atoms with van der Waals surface area (Å²) in [4.78, 5) is 0. The van der Waals surface area contributed by atoms with Gasteiger partial charge in [-0.05, 0) is 6.92 Å². The van der Waals surface area contributed by atoms with Gasteiger partial charge in [-0.1, -0.05) is 5.92 Å². The zero-order chi connectivity index (χ0) is 6.62. The fourth-order valence-electron chi connectivity index (χ4n) is 0.205. The van der Waals surface area contributed by atoms with Gasteiger partial charge in [0.25, 0.3) is 0 Å². The van der Waals surface area contributed by atoms with E-state index in [2.05, 4.69) is 5.92 Å². The van der Waals surface area contributed by atoms with Crippen molar-refractivity contribution in [3.63, 3.8) is 0 Å². The van der Waals surface area contributed by atoms with Gasteiger partial charge in [-0.3, -0.25) is 0 Å². The van der Waals surface area contributed by atoms with Crippen molar-refractivity contribution < 1.29 is 5.11 Å². The molecule has 8 heavy (non-hydrogen) atoms. The zero-order valence-corrected chi connectivity index (χ0v) is 4.68. The van der Waals surface area contributed by atoms with Gasteiger partial charge in [-0.2, -0.15) is 5.26 Å². The van der Waals surface area contributed by atoms with Crippen LogP contribution in [0.3, 0.4) is 0 Å². The molecule has 0 aromatic heterocycles. The molecule has 1 atom stereocenters. The minimum absolute atomic E-state index is 0.0104. The molecular formula is C6H7NO. The first-order chi connectivity index (χ1) is 3.62. The number of terminal acetylenes is 1. The fourth-order valence-corrected chi connectivity index (χ4v) is 0.205. The van der Waals surface area contributed by atoms with Crippen molar-refractivity contribution in [3.05, 3.63) is 0 Å². The highest BCUT2D eigenvalue weighted by atomic mass is 16.3. The Bertz CT molecular complexity index is 147. The van der Waals surface area contributed by atoms with Crippen LogP contribution in [-0.4, -0.2) is 10.7 Å². The van der Waals surface area contributed by atoms with E-state index in [9.17, 15) is 0 Å². The monoisotopic (exact) mass is 109 g/mol. The molecule has 0 saturated carbocycles. The second-order valence-electron chi connectivity index (χ2n) is 1.75. The molecule has 0 aromatic carbocycles. The van der Waals surface area contributed by atoms with E-state index < -0.39 is 5.60 Å². The lowest BCUT2D eigenvalue weighted by Gasteiger charge is -2.08. The Balaban J connectivity index is 3.82. The number of aliphatic hydroxyl groups is 1. The van der Waals surface area contributed by atoms with Crippen LogP contribution in [0.15, 0.2) is 0 Å². The molecule has 0 saturated heterocycles. The highest BCUT2D eigenvalue weighted by molar-refractivity contribution is 5.07. The minimum Gasteiger partial charge on any atom is -0.377 e. The summed E-state index contributed by atoms with van der Waals surface area (Å²) in [6.07, 6.45) is 4.83. The Morgan fingerprint density at radius 2 is 2.38 bits per heavy atom. The molecule has 2 nitrogen and oxygen atoms in total. The van der Waals surface area contributed by atoms with Gasteiger partial charge < -0.3 is 5.11 Å². The molecule has 0 aliphatic carbocycles. The first-order valence-electron chi connectivity index (χ1n) is 2.19. The summed E-state index contributed by atoms with van der Waals surface area (Å²) in [6, 6.07) is 1.77. The second-order valence-corrected chi connectivity index (χ2v) is 1.75. The van der Waals surface area contributed by atoms with Crippen LogP contribution in [-0.2, 0) is 0 Å². The van der Waals surface area contributed by atoms with Gasteiger partial charge in [0.1, 0.15) is 5.60 Å². The lowest BCUT2D eigenvalue weighted by Crippen LogP contribution is -2.19. The van der Waals surface area contributed by atoms with Crippen LogP contribution in [0.2, 0.25) is 0 Å². The summed E-state index contributed by atoms with van der Waals surface area (Å²) < 4.78 is 0. The van der Waals surface area contributed by atoms with Crippen LogP contribution in [0.1, 0.15) is 13.3 Å². The van der Waals surface area contributed by atoms with E-state index in [1.54, 1.807) is 6.07 Å². The Labute approximate surface area is 48.8 Å². The Morgan fingerprint density at radius 1 is 1.88 bits per heavy atom. The largest absolute Gasteiger partial charge is 0.377 e. The molecule has 0 rings (SSSR count). The predicted octanol–water partition coefficient (Wildman–Crippen LogP) is 0.284. The lowest BCUT2D eigenvalue weighted by molar-refractivity contribution is 0.128. The molecule has 42 valence electrons. The number of rotatable bonds is 1. The third-order valence-corrected chi connectivity index (χ3v) is 0.734. The van der Waals surface area contributed by atoms with Crippen molar-refractivity contribution in [3.8, 4) is 18.4 Å². The van der Waals surface area contributed by atoms with Crippen molar-refractivity contribution in [1.82, 2.24) is 0 Å². The molecule has 0 spiro atoms. The van der Waals surface area contributed by atoms with Gasteiger partial charge >= 0.3 is 0 Å². The van der Waals surface area contributed by atoms with E-state index in [1.807, 2.05) is 0 Å². The summed E-state index contributed by atoms with van der Waals surface area (Å²) in [5.74, 6) is 2.08. The molecule has 2 heteroatoms. The van der Waals surface area contributed by atoms with E-state index in [-0.39, 0.29) is 6.42 Å². The molecule has 0 radical (unpaired) electrons. The normalized spacial score (nSPS) is 15.5.